The van der Waals surface area contributed by atoms with Crippen LogP contribution in [0.4, 0.5) is 10.1 Å². The van der Waals surface area contributed by atoms with Crippen LogP contribution in [0.1, 0.15) is 24.8 Å². The summed E-state index contributed by atoms with van der Waals surface area (Å²) in [6, 6.07) is 3.02. The summed E-state index contributed by atoms with van der Waals surface area (Å²) in [6.45, 7) is 1.78. The topological polar surface area (TPSA) is 29.1 Å². The van der Waals surface area contributed by atoms with Gasteiger partial charge in [0.15, 0.2) is 0 Å². The Morgan fingerprint density at radius 3 is 3.00 bits per heavy atom. The van der Waals surface area contributed by atoms with Crippen LogP contribution in [0.25, 0.3) is 0 Å². The minimum atomic E-state index is -0.316. The van der Waals surface area contributed by atoms with Crippen molar-refractivity contribution in [2.45, 2.75) is 26.2 Å². The van der Waals surface area contributed by atoms with Crippen LogP contribution in [0.3, 0.4) is 0 Å². The van der Waals surface area contributed by atoms with E-state index in [1.807, 2.05) is 0 Å². The highest BCUT2D eigenvalue weighted by Crippen LogP contribution is 2.25. The van der Waals surface area contributed by atoms with Gasteiger partial charge in [-0.15, -0.1) is 0 Å². The molecule has 0 saturated heterocycles. The van der Waals surface area contributed by atoms with Gasteiger partial charge in [-0.1, -0.05) is 12.2 Å². The molecule has 4 heteroatoms. The Bertz CT molecular complexity index is 499. The van der Waals surface area contributed by atoms with Gasteiger partial charge in [-0.3, -0.25) is 4.79 Å². The highest BCUT2D eigenvalue weighted by Gasteiger charge is 2.15. The fourth-order valence-electron chi connectivity index (χ4n) is 2.09. The summed E-state index contributed by atoms with van der Waals surface area (Å²) >= 11 is 3.12. The van der Waals surface area contributed by atoms with Crippen LogP contribution in [-0.4, -0.2) is 5.91 Å². The lowest BCUT2D eigenvalue weighted by Gasteiger charge is -2.11. The van der Waals surface area contributed by atoms with Gasteiger partial charge >= 0.3 is 0 Å². The van der Waals surface area contributed by atoms with Gasteiger partial charge in [-0.2, -0.15) is 0 Å². The third kappa shape index (κ3) is 3.19. The highest BCUT2D eigenvalue weighted by molar-refractivity contribution is 9.10. The molecule has 18 heavy (non-hydrogen) atoms. The van der Waals surface area contributed by atoms with E-state index < -0.39 is 0 Å². The van der Waals surface area contributed by atoms with Gasteiger partial charge in [-0.05, 0) is 59.3 Å². The number of hydrogen-bond donors (Lipinski definition) is 1. The van der Waals surface area contributed by atoms with Crippen LogP contribution >= 0.6 is 15.9 Å². The standard InChI is InChI=1S/C14H15BrFNO/c1-9-6-12(16)11(15)8-13(9)17-14(18)7-10-4-2-3-5-10/h2,4,6,8,10H,3,5,7H2,1H3,(H,17,18). The molecule has 1 unspecified atom stereocenters. The lowest BCUT2D eigenvalue weighted by Crippen LogP contribution is -2.15. The molecule has 2 rings (SSSR count). The van der Waals surface area contributed by atoms with Crippen molar-refractivity contribution >= 4 is 27.5 Å². The summed E-state index contributed by atoms with van der Waals surface area (Å²) in [5.41, 5.74) is 1.39. The number of amides is 1. The van der Waals surface area contributed by atoms with E-state index in [1.165, 1.54) is 6.07 Å². The van der Waals surface area contributed by atoms with E-state index in [4.69, 9.17) is 0 Å². The third-order valence-electron chi connectivity index (χ3n) is 3.10. The molecule has 0 fully saturated rings. The van der Waals surface area contributed by atoms with E-state index >= 15 is 0 Å². The van der Waals surface area contributed by atoms with Crippen molar-refractivity contribution < 1.29 is 9.18 Å². The van der Waals surface area contributed by atoms with Crippen LogP contribution in [0.15, 0.2) is 28.8 Å². The monoisotopic (exact) mass is 311 g/mol. The minimum Gasteiger partial charge on any atom is -0.326 e. The van der Waals surface area contributed by atoms with Crippen molar-refractivity contribution in [1.29, 1.82) is 0 Å². The van der Waals surface area contributed by atoms with E-state index in [9.17, 15) is 9.18 Å². The van der Waals surface area contributed by atoms with Gasteiger partial charge < -0.3 is 5.32 Å². The van der Waals surface area contributed by atoms with Crippen molar-refractivity contribution in [1.82, 2.24) is 0 Å². The maximum absolute atomic E-state index is 13.3. The van der Waals surface area contributed by atoms with Crippen LogP contribution in [0.5, 0.6) is 0 Å². The van der Waals surface area contributed by atoms with Crippen LogP contribution < -0.4 is 5.32 Å². The van der Waals surface area contributed by atoms with E-state index in [2.05, 4.69) is 33.4 Å². The molecule has 0 bridgehead atoms. The molecule has 1 aromatic carbocycles. The number of allylic oxidation sites excluding steroid dienone is 2. The molecule has 1 aromatic rings. The normalized spacial score (nSPS) is 18.1. The summed E-state index contributed by atoms with van der Waals surface area (Å²) < 4.78 is 13.6. The molecule has 1 N–H and O–H groups in total. The molecule has 96 valence electrons. The molecule has 0 saturated carbocycles. The molecule has 0 radical (unpaired) electrons. The fourth-order valence-corrected chi connectivity index (χ4v) is 2.43. The third-order valence-corrected chi connectivity index (χ3v) is 3.71. The zero-order chi connectivity index (χ0) is 13.1. The number of halogens is 2. The second-order valence-electron chi connectivity index (χ2n) is 4.60. The number of benzene rings is 1. The quantitative estimate of drug-likeness (QED) is 0.833. The van der Waals surface area contributed by atoms with Gasteiger partial charge in [0.05, 0.1) is 4.47 Å². The molecule has 0 aliphatic heterocycles. The van der Waals surface area contributed by atoms with E-state index in [-0.39, 0.29) is 11.7 Å². The van der Waals surface area contributed by atoms with Crippen molar-refractivity contribution in [3.63, 3.8) is 0 Å². The first kappa shape index (κ1) is 13.3. The Morgan fingerprint density at radius 2 is 2.33 bits per heavy atom. The van der Waals surface area contributed by atoms with Crippen molar-refractivity contribution in [2.75, 3.05) is 5.32 Å². The Kier molecular flexibility index (Phi) is 4.17. The molecular weight excluding hydrogens is 297 g/mol. The zero-order valence-corrected chi connectivity index (χ0v) is 11.8. The highest BCUT2D eigenvalue weighted by atomic mass is 79.9. The second kappa shape index (κ2) is 5.65. The number of anilines is 1. The first-order chi connectivity index (χ1) is 8.56. The molecule has 1 amide bonds. The fraction of sp³-hybridized carbons (Fsp3) is 0.357. The maximum Gasteiger partial charge on any atom is 0.224 e. The van der Waals surface area contributed by atoms with Crippen molar-refractivity contribution in [3.8, 4) is 0 Å². The van der Waals surface area contributed by atoms with E-state index in [0.717, 1.165) is 18.4 Å². The molecular formula is C14H15BrFNO. The summed E-state index contributed by atoms with van der Waals surface area (Å²) in [6.07, 6.45) is 6.79. The molecule has 2 nitrogen and oxygen atoms in total. The molecule has 0 spiro atoms. The lowest BCUT2D eigenvalue weighted by molar-refractivity contribution is -0.116. The van der Waals surface area contributed by atoms with Crippen molar-refractivity contribution in [3.05, 3.63) is 40.1 Å². The Balaban J connectivity index is 2.02. The van der Waals surface area contributed by atoms with E-state index in [0.29, 0.717) is 22.5 Å². The van der Waals surface area contributed by atoms with Gasteiger partial charge in [-0.25, -0.2) is 4.39 Å². The summed E-state index contributed by atoms with van der Waals surface area (Å²) in [7, 11) is 0. The second-order valence-corrected chi connectivity index (χ2v) is 5.45. The average Bonchev–Trinajstić information content (AvgIpc) is 2.78. The van der Waals surface area contributed by atoms with Gasteiger partial charge in [0.2, 0.25) is 5.91 Å². The SMILES string of the molecule is Cc1cc(F)c(Br)cc1NC(=O)CC1C=CCC1. The summed E-state index contributed by atoms with van der Waals surface area (Å²) in [4.78, 5) is 11.9. The van der Waals surface area contributed by atoms with Gasteiger partial charge in [0.1, 0.15) is 5.82 Å². The maximum atomic E-state index is 13.3. The Labute approximate surface area is 114 Å². The average molecular weight is 312 g/mol. The van der Waals surface area contributed by atoms with Gasteiger partial charge in [0.25, 0.3) is 0 Å². The summed E-state index contributed by atoms with van der Waals surface area (Å²) in [5.74, 6) is 0.00609. The number of aryl methyl sites for hydroxylation is 1. The molecule has 1 aliphatic rings. The minimum absolute atomic E-state index is 0.0202. The van der Waals surface area contributed by atoms with Crippen LogP contribution in [0.2, 0.25) is 0 Å². The number of rotatable bonds is 3. The summed E-state index contributed by atoms with van der Waals surface area (Å²) in [5, 5.41) is 2.84. The van der Waals surface area contributed by atoms with Gasteiger partial charge in [0, 0.05) is 12.1 Å². The number of carbonyl (C=O) groups excluding carboxylic acids is 1. The first-order valence-electron chi connectivity index (χ1n) is 5.98. The predicted molar refractivity (Wildman–Crippen MR) is 73.9 cm³/mol. The molecule has 1 aliphatic carbocycles. The predicted octanol–water partition coefficient (Wildman–Crippen LogP) is 4.19. The number of carbonyl (C=O) groups is 1. The zero-order valence-electron chi connectivity index (χ0n) is 10.2. The number of nitrogens with one attached hydrogen (secondary N) is 1. The molecule has 0 heterocycles. The van der Waals surface area contributed by atoms with E-state index in [1.54, 1.807) is 13.0 Å². The largest absolute Gasteiger partial charge is 0.326 e. The molecule has 0 aromatic heterocycles. The van der Waals surface area contributed by atoms with Crippen LogP contribution in [-0.2, 0) is 4.79 Å². The number of hydrogen-bond acceptors (Lipinski definition) is 1. The lowest BCUT2D eigenvalue weighted by atomic mass is 10.0. The first-order valence-corrected chi connectivity index (χ1v) is 6.77. The molecule has 1 atom stereocenters. The van der Waals surface area contributed by atoms with Crippen molar-refractivity contribution in [2.24, 2.45) is 5.92 Å². The smallest absolute Gasteiger partial charge is 0.224 e. The Morgan fingerprint density at radius 1 is 1.56 bits per heavy atom. The Hall–Kier alpha value is -1.16. The van der Waals surface area contributed by atoms with Crippen LogP contribution in [0, 0.1) is 18.7 Å².